The van der Waals surface area contributed by atoms with Gasteiger partial charge in [-0.25, -0.2) is 4.57 Å². The number of hydrogen-bond acceptors (Lipinski definition) is 7. The summed E-state index contributed by atoms with van der Waals surface area (Å²) in [5.74, 6) is 0. The molecule has 28 heavy (non-hydrogen) atoms. The molecule has 2 N–H and O–H groups in total. The zero-order valence-corrected chi connectivity index (χ0v) is 19.3. The maximum absolute atomic E-state index is 10.4. The molecule has 0 spiro atoms. The van der Waals surface area contributed by atoms with E-state index in [1.54, 1.807) is 0 Å². The van der Waals surface area contributed by atoms with Gasteiger partial charge in [0.25, 0.3) is 0 Å². The largest absolute Gasteiger partial charge is 0.469 e. The molecule has 0 aromatic heterocycles. The molecule has 0 aliphatic heterocycles. The van der Waals surface area contributed by atoms with Crippen LogP contribution in [0.4, 0.5) is 0 Å². The first-order valence-corrected chi connectivity index (χ1v) is 10.2. The summed E-state index contributed by atoms with van der Waals surface area (Å²) in [7, 11) is -4.41. The maximum atomic E-state index is 10.4. The first kappa shape index (κ1) is 28.1. The number of phosphoric ester groups is 1. The van der Waals surface area contributed by atoms with Crippen LogP contribution in [0.5, 0.6) is 0 Å². The van der Waals surface area contributed by atoms with E-state index in [1.165, 1.54) is 0 Å². The summed E-state index contributed by atoms with van der Waals surface area (Å²) in [6.07, 6.45) is 0. The van der Waals surface area contributed by atoms with Gasteiger partial charge in [-0.05, 0) is 5.56 Å². The second-order valence-corrected chi connectivity index (χ2v) is 6.55. The number of ether oxygens (including phenoxy) is 5. The molecule has 0 fully saturated rings. The molecule has 9 nitrogen and oxygen atoms in total. The van der Waals surface area contributed by atoms with Crippen molar-refractivity contribution in [1.82, 2.24) is 0 Å². The number of rotatable bonds is 18. The van der Waals surface area contributed by atoms with Gasteiger partial charge in [0.15, 0.2) is 0 Å². The first-order chi connectivity index (χ1) is 13.1. The molecule has 1 aromatic carbocycles. The molecule has 1 rings (SSSR count). The molecule has 0 heterocycles. The van der Waals surface area contributed by atoms with Gasteiger partial charge >= 0.3 is 7.82 Å². The predicted molar refractivity (Wildman–Crippen MR) is 103 cm³/mol. The van der Waals surface area contributed by atoms with E-state index in [4.69, 9.17) is 33.5 Å². The predicted octanol–water partition coefficient (Wildman–Crippen LogP) is 0.998. The minimum atomic E-state index is -4.41. The van der Waals surface area contributed by atoms with Gasteiger partial charge in [-0.3, -0.25) is 4.52 Å². The first-order valence-electron chi connectivity index (χ1n) is 8.70. The van der Waals surface area contributed by atoms with Crippen LogP contribution >= 0.6 is 7.82 Å². The number of benzene rings is 1. The Bertz CT molecular complexity index is 501. The van der Waals surface area contributed by atoms with E-state index in [2.05, 4.69) is 4.52 Å². The minimum absolute atomic E-state index is 0. The third kappa shape index (κ3) is 19.4. The molecule has 11 heteroatoms. The van der Waals surface area contributed by atoms with Gasteiger partial charge in [0, 0.05) is 29.6 Å². The SMILES string of the molecule is O=P(O)(O)OCCOCCOCCOCCOCCOCc1ccccc1.[Na]. The van der Waals surface area contributed by atoms with E-state index < -0.39 is 7.82 Å². The Kier molecular flexibility index (Phi) is 19.2. The number of phosphoric acid groups is 1. The van der Waals surface area contributed by atoms with Crippen LogP contribution in [0.2, 0.25) is 0 Å². The molecule has 0 saturated carbocycles. The minimum Gasteiger partial charge on any atom is -0.377 e. The van der Waals surface area contributed by atoms with Crippen LogP contribution in [0.25, 0.3) is 0 Å². The van der Waals surface area contributed by atoms with Gasteiger partial charge in [0.1, 0.15) is 0 Å². The topological polar surface area (TPSA) is 113 Å². The van der Waals surface area contributed by atoms with Crippen LogP contribution in [-0.2, 0) is 39.4 Å². The van der Waals surface area contributed by atoms with Crippen LogP contribution in [0.3, 0.4) is 0 Å². The molecule has 0 aliphatic carbocycles. The second-order valence-electron chi connectivity index (χ2n) is 5.31. The maximum Gasteiger partial charge on any atom is 0.469 e. The van der Waals surface area contributed by atoms with Crippen molar-refractivity contribution in [2.24, 2.45) is 0 Å². The van der Waals surface area contributed by atoms with Gasteiger partial charge in [-0.1, -0.05) is 30.3 Å². The zero-order valence-electron chi connectivity index (χ0n) is 16.4. The van der Waals surface area contributed by atoms with Crippen molar-refractivity contribution in [3.63, 3.8) is 0 Å². The summed E-state index contributed by atoms with van der Waals surface area (Å²) in [5, 5.41) is 0. The summed E-state index contributed by atoms with van der Waals surface area (Å²) >= 11 is 0. The van der Waals surface area contributed by atoms with E-state index >= 15 is 0 Å². The van der Waals surface area contributed by atoms with Crippen molar-refractivity contribution in [2.75, 3.05) is 66.1 Å². The smallest absolute Gasteiger partial charge is 0.377 e. The van der Waals surface area contributed by atoms with E-state index in [0.717, 1.165) is 5.56 Å². The van der Waals surface area contributed by atoms with Crippen LogP contribution < -0.4 is 0 Å². The average Bonchev–Trinajstić information content (AvgIpc) is 2.64. The molecule has 1 aromatic rings. The van der Waals surface area contributed by atoms with Gasteiger partial charge in [-0.2, -0.15) is 0 Å². The molecule has 0 atom stereocenters. The summed E-state index contributed by atoms with van der Waals surface area (Å²) in [4.78, 5) is 16.9. The standard InChI is InChI=1S/C17H29O9P.Na/c18-27(19,20)26-15-14-24-11-10-22-7-6-21-8-9-23-12-13-25-16-17-4-2-1-3-5-17;/h1-5H,6-16H2,(H2,18,19,20);. The van der Waals surface area contributed by atoms with Gasteiger partial charge < -0.3 is 33.5 Å². The Morgan fingerprint density at radius 1 is 0.643 bits per heavy atom. The molecular formula is C17H29NaO9P. The van der Waals surface area contributed by atoms with E-state index in [1.807, 2.05) is 30.3 Å². The Morgan fingerprint density at radius 3 is 1.46 bits per heavy atom. The van der Waals surface area contributed by atoms with Crippen molar-refractivity contribution >= 4 is 37.4 Å². The van der Waals surface area contributed by atoms with Crippen molar-refractivity contribution in [3.05, 3.63) is 35.9 Å². The van der Waals surface area contributed by atoms with E-state index in [9.17, 15) is 4.57 Å². The van der Waals surface area contributed by atoms with Crippen LogP contribution in [0.1, 0.15) is 5.56 Å². The zero-order chi connectivity index (χ0) is 19.6. The average molecular weight is 431 g/mol. The van der Waals surface area contributed by atoms with Crippen molar-refractivity contribution in [2.45, 2.75) is 6.61 Å². The molecule has 0 saturated heterocycles. The van der Waals surface area contributed by atoms with Crippen LogP contribution in [-0.4, -0.2) is 105 Å². The Morgan fingerprint density at radius 2 is 1.04 bits per heavy atom. The fourth-order valence-corrected chi connectivity index (χ4v) is 2.17. The van der Waals surface area contributed by atoms with Crippen molar-refractivity contribution < 1.29 is 42.6 Å². The molecule has 0 bridgehead atoms. The monoisotopic (exact) mass is 431 g/mol. The Hall–Kier alpha value is 0.130. The van der Waals surface area contributed by atoms with Gasteiger partial charge in [-0.15, -0.1) is 0 Å². The summed E-state index contributed by atoms with van der Waals surface area (Å²) in [6, 6.07) is 9.97. The van der Waals surface area contributed by atoms with Crippen molar-refractivity contribution in [3.8, 4) is 0 Å². The van der Waals surface area contributed by atoms with Crippen LogP contribution in [0.15, 0.2) is 30.3 Å². The van der Waals surface area contributed by atoms with Gasteiger partial charge in [0.2, 0.25) is 0 Å². The molecule has 1 radical (unpaired) electrons. The molecule has 0 unspecified atom stereocenters. The Labute approximate surface area is 188 Å². The number of hydrogen-bond donors (Lipinski definition) is 2. The van der Waals surface area contributed by atoms with Crippen molar-refractivity contribution in [1.29, 1.82) is 0 Å². The normalized spacial score (nSPS) is 11.4. The second kappa shape index (κ2) is 19.1. The molecule has 157 valence electrons. The third-order valence-corrected chi connectivity index (χ3v) is 3.61. The van der Waals surface area contributed by atoms with E-state index in [0.29, 0.717) is 59.5 Å². The van der Waals surface area contributed by atoms with Crippen LogP contribution in [0, 0.1) is 0 Å². The summed E-state index contributed by atoms with van der Waals surface area (Å²) < 4.78 is 41.2. The fourth-order valence-electron chi connectivity index (χ4n) is 1.86. The summed E-state index contributed by atoms with van der Waals surface area (Å²) in [5.41, 5.74) is 1.14. The third-order valence-electron chi connectivity index (χ3n) is 3.09. The quantitative estimate of drug-likeness (QED) is 0.200. The van der Waals surface area contributed by atoms with Gasteiger partial charge in [0.05, 0.1) is 72.7 Å². The molecule has 0 aliphatic rings. The Balaban J connectivity index is 0.00000729. The molecular weight excluding hydrogens is 402 g/mol. The molecule has 0 amide bonds. The summed E-state index contributed by atoms with van der Waals surface area (Å²) in [6.45, 7) is 4.13. The van der Waals surface area contributed by atoms with E-state index in [-0.39, 0.29) is 42.8 Å². The fraction of sp³-hybridized carbons (Fsp3) is 0.647.